The number of aromatic nitrogens is 3. The molecule has 2 aromatic carbocycles. The molecule has 1 atom stereocenters. The van der Waals surface area contributed by atoms with Gasteiger partial charge in [-0.05, 0) is 72.4 Å². The van der Waals surface area contributed by atoms with E-state index in [1.165, 1.54) is 0 Å². The molecule has 0 radical (unpaired) electrons. The van der Waals surface area contributed by atoms with Crippen molar-refractivity contribution in [3.63, 3.8) is 0 Å². The van der Waals surface area contributed by atoms with Crippen LogP contribution in [0.2, 0.25) is 0 Å². The minimum atomic E-state index is -1.03. The lowest BCUT2D eigenvalue weighted by molar-refractivity contribution is 0.190. The molecule has 4 N–H and O–H groups in total. The van der Waals surface area contributed by atoms with E-state index in [1.54, 1.807) is 7.11 Å². The fraction of sp³-hybridized carbons (Fsp3) is 0.267. The predicted octanol–water partition coefficient (Wildman–Crippen LogP) is 5.66. The van der Waals surface area contributed by atoms with Gasteiger partial charge in [0.2, 0.25) is 11.8 Å². The summed E-state index contributed by atoms with van der Waals surface area (Å²) in [6, 6.07) is 19.0. The number of anilines is 2. The van der Waals surface area contributed by atoms with Crippen molar-refractivity contribution in [1.82, 2.24) is 20.3 Å². The highest BCUT2D eigenvalue weighted by atomic mass is 16.5. The fourth-order valence-corrected chi connectivity index (χ4v) is 3.98. The summed E-state index contributed by atoms with van der Waals surface area (Å²) < 4.78 is 11.4. The number of benzene rings is 2. The molecule has 10 heteroatoms. The summed E-state index contributed by atoms with van der Waals surface area (Å²) in [5, 5.41) is 18.0. The van der Waals surface area contributed by atoms with E-state index < -0.39 is 6.09 Å². The number of rotatable bonds is 13. The molecule has 2 heterocycles. The monoisotopic (exact) mass is 542 g/mol. The molecule has 0 saturated carbocycles. The van der Waals surface area contributed by atoms with Crippen LogP contribution in [0, 0.1) is 0 Å². The zero-order chi connectivity index (χ0) is 28.3. The van der Waals surface area contributed by atoms with Crippen LogP contribution in [0.4, 0.5) is 16.6 Å². The van der Waals surface area contributed by atoms with Crippen molar-refractivity contribution in [1.29, 1.82) is 0 Å². The van der Waals surface area contributed by atoms with Crippen molar-refractivity contribution in [2.75, 3.05) is 17.7 Å². The number of carbonyl (C=O) groups is 1. The fourth-order valence-electron chi connectivity index (χ4n) is 3.98. The molecule has 208 valence electrons. The lowest BCUT2D eigenvalue weighted by Gasteiger charge is -2.14. The first kappa shape index (κ1) is 28.2. The number of hydrogen-bond donors (Lipinski definition) is 4. The van der Waals surface area contributed by atoms with Crippen LogP contribution in [-0.4, -0.2) is 39.3 Å². The van der Waals surface area contributed by atoms with Crippen LogP contribution < -0.4 is 25.4 Å². The van der Waals surface area contributed by atoms with Gasteiger partial charge in [0, 0.05) is 37.6 Å². The number of nitrogens with one attached hydrogen (secondary N) is 3. The van der Waals surface area contributed by atoms with Crippen molar-refractivity contribution < 1.29 is 19.4 Å². The standard InChI is InChI=1S/C30H34N6O4/c1-4-21-16-32-29(33-17-21)34-19-24-14-27(31-18-23-7-9-25(39-3)10-8-23)36-28(15-24)40-26-11-5-22(6-12-26)13-20(2)35-30(37)38/h5-12,14-17,20,35H,4,13,18-19H2,1-3H3,(H,31,36)(H,37,38)(H,32,33,34). The van der Waals surface area contributed by atoms with E-state index in [1.807, 2.05) is 80.0 Å². The maximum absolute atomic E-state index is 10.9. The largest absolute Gasteiger partial charge is 0.497 e. The highest BCUT2D eigenvalue weighted by Gasteiger charge is 2.09. The SMILES string of the molecule is CCc1cnc(NCc2cc(NCc3ccc(OC)cc3)nc(Oc3ccc(CC(C)NC(=O)O)cc3)c2)nc1. The van der Waals surface area contributed by atoms with E-state index >= 15 is 0 Å². The molecule has 0 spiro atoms. The van der Waals surface area contributed by atoms with Crippen molar-refractivity contribution in [3.05, 3.63) is 95.3 Å². The zero-order valence-electron chi connectivity index (χ0n) is 22.8. The lowest BCUT2D eigenvalue weighted by atomic mass is 10.1. The second-order valence-electron chi connectivity index (χ2n) is 9.32. The number of hydrogen-bond acceptors (Lipinski definition) is 8. The van der Waals surface area contributed by atoms with Crippen LogP contribution >= 0.6 is 0 Å². The number of carboxylic acid groups (broad SMARTS) is 1. The first-order valence-electron chi connectivity index (χ1n) is 13.1. The third kappa shape index (κ3) is 8.59. The van der Waals surface area contributed by atoms with Crippen molar-refractivity contribution in [2.45, 2.75) is 45.8 Å². The molecule has 1 unspecified atom stereocenters. The molecule has 0 saturated heterocycles. The van der Waals surface area contributed by atoms with Gasteiger partial charge in [0.1, 0.15) is 17.3 Å². The first-order chi connectivity index (χ1) is 19.4. The van der Waals surface area contributed by atoms with Crippen molar-refractivity contribution in [2.24, 2.45) is 0 Å². The number of amides is 1. The van der Waals surface area contributed by atoms with Crippen LogP contribution in [0.1, 0.15) is 36.1 Å². The quantitative estimate of drug-likeness (QED) is 0.169. The predicted molar refractivity (Wildman–Crippen MR) is 154 cm³/mol. The summed E-state index contributed by atoms with van der Waals surface area (Å²) in [6.07, 6.45) is 4.07. The number of pyridine rings is 1. The van der Waals surface area contributed by atoms with Gasteiger partial charge in [0.15, 0.2) is 0 Å². The Morgan fingerprint density at radius 1 is 0.875 bits per heavy atom. The second-order valence-corrected chi connectivity index (χ2v) is 9.32. The molecular weight excluding hydrogens is 508 g/mol. The number of ether oxygens (including phenoxy) is 2. The molecule has 4 rings (SSSR count). The van der Waals surface area contributed by atoms with Gasteiger partial charge in [-0.2, -0.15) is 4.98 Å². The van der Waals surface area contributed by atoms with E-state index in [0.717, 1.165) is 34.4 Å². The summed E-state index contributed by atoms with van der Waals surface area (Å²) in [5.74, 6) is 3.08. The van der Waals surface area contributed by atoms with E-state index in [0.29, 0.717) is 42.9 Å². The summed E-state index contributed by atoms with van der Waals surface area (Å²) in [5.41, 5.74) is 4.10. The minimum Gasteiger partial charge on any atom is -0.497 e. The maximum Gasteiger partial charge on any atom is 0.404 e. The second kappa shape index (κ2) is 13.8. The highest BCUT2D eigenvalue weighted by Crippen LogP contribution is 2.25. The molecule has 4 aromatic rings. The van der Waals surface area contributed by atoms with Crippen LogP contribution in [0.25, 0.3) is 0 Å². The Labute approximate surface area is 233 Å². The summed E-state index contributed by atoms with van der Waals surface area (Å²) in [4.78, 5) is 24.3. The molecule has 1 amide bonds. The van der Waals surface area contributed by atoms with Gasteiger partial charge in [-0.25, -0.2) is 14.8 Å². The molecule has 2 aromatic heterocycles. The minimum absolute atomic E-state index is 0.198. The number of methoxy groups -OCH3 is 1. The Bertz CT molecular complexity index is 1310. The Balaban J connectivity index is 1.48. The van der Waals surface area contributed by atoms with Gasteiger partial charge in [0.05, 0.1) is 7.11 Å². The molecule has 10 nitrogen and oxygen atoms in total. The molecule has 0 aliphatic rings. The molecule has 0 aliphatic heterocycles. The molecule has 0 aliphatic carbocycles. The third-order valence-corrected chi connectivity index (χ3v) is 6.12. The number of nitrogens with zero attached hydrogens (tertiary/aromatic N) is 3. The molecule has 0 bridgehead atoms. The lowest BCUT2D eigenvalue weighted by Crippen LogP contribution is -2.32. The van der Waals surface area contributed by atoms with E-state index in [-0.39, 0.29) is 6.04 Å². The van der Waals surface area contributed by atoms with Gasteiger partial charge >= 0.3 is 6.09 Å². The molecule has 40 heavy (non-hydrogen) atoms. The van der Waals surface area contributed by atoms with Crippen molar-refractivity contribution >= 4 is 17.9 Å². The van der Waals surface area contributed by atoms with Crippen LogP contribution in [0.3, 0.4) is 0 Å². The Morgan fingerprint density at radius 3 is 2.17 bits per heavy atom. The normalized spacial score (nSPS) is 11.4. The molecule has 0 fully saturated rings. The van der Waals surface area contributed by atoms with Crippen LogP contribution in [-0.2, 0) is 25.9 Å². The van der Waals surface area contributed by atoms with Gasteiger partial charge < -0.3 is 30.5 Å². The van der Waals surface area contributed by atoms with Gasteiger partial charge in [0.25, 0.3) is 0 Å². The van der Waals surface area contributed by atoms with Gasteiger partial charge in [-0.1, -0.05) is 31.2 Å². The Hall–Kier alpha value is -4.86. The van der Waals surface area contributed by atoms with Gasteiger partial charge in [-0.3, -0.25) is 0 Å². The van der Waals surface area contributed by atoms with E-state index in [2.05, 4.69) is 37.8 Å². The average Bonchev–Trinajstić information content (AvgIpc) is 2.96. The third-order valence-electron chi connectivity index (χ3n) is 6.12. The van der Waals surface area contributed by atoms with Crippen LogP contribution in [0.5, 0.6) is 17.4 Å². The average molecular weight is 543 g/mol. The zero-order valence-corrected chi connectivity index (χ0v) is 22.8. The topological polar surface area (TPSA) is 131 Å². The molecular formula is C30H34N6O4. The highest BCUT2D eigenvalue weighted by molar-refractivity contribution is 5.64. The first-order valence-corrected chi connectivity index (χ1v) is 13.1. The summed E-state index contributed by atoms with van der Waals surface area (Å²) >= 11 is 0. The number of aryl methyl sites for hydroxylation is 1. The van der Waals surface area contributed by atoms with Crippen molar-refractivity contribution in [3.8, 4) is 17.4 Å². The summed E-state index contributed by atoms with van der Waals surface area (Å²) in [7, 11) is 1.65. The van der Waals surface area contributed by atoms with Crippen LogP contribution in [0.15, 0.2) is 73.1 Å². The smallest absolute Gasteiger partial charge is 0.404 e. The summed E-state index contributed by atoms with van der Waals surface area (Å²) in [6.45, 7) is 4.95. The Morgan fingerprint density at radius 2 is 1.52 bits per heavy atom. The Kier molecular flexibility index (Phi) is 9.71. The van der Waals surface area contributed by atoms with E-state index in [9.17, 15) is 4.79 Å². The maximum atomic E-state index is 10.9. The van der Waals surface area contributed by atoms with Gasteiger partial charge in [-0.15, -0.1) is 0 Å². The van der Waals surface area contributed by atoms with E-state index in [4.69, 9.17) is 14.6 Å².